The number of hydrogen-bond acceptors (Lipinski definition) is 17. The molecule has 0 amide bonds. The fraction of sp³-hybridized carbons (Fsp3) is 0.433. The highest BCUT2D eigenvalue weighted by Crippen LogP contribution is 2.38. The molecule has 2 aliphatic rings. The number of hydrogen-bond donors (Lipinski definition) is 9. The number of carboxylic acid groups (broad SMARTS) is 1. The van der Waals surface area contributed by atoms with E-state index in [1.54, 1.807) is 0 Å². The molecule has 0 unspecified atom stereocenters. The van der Waals surface area contributed by atoms with Gasteiger partial charge in [-0.2, -0.15) is 0 Å². The number of benzene rings is 2. The topological polar surface area (TPSA) is 293 Å². The standard InChI is InChI=1S/C30H32O18/c1-10-20(37)23(40)25(42)29(44-10)48-28-24(41)21(38)16(9-43-18(36)8-17(34)35)46-30(28)47-27-22(39)19-14(33)6-13(32)7-15(19)45-26(27)11-2-4-12(31)5-3-11/h2-7,10,16,20-21,23-25,28-33,37-38,40-42H,8-9H2,1H3,(H,34,35)/t10-,16+,20-,21+,23+,24-,25+,28+,29-,30-/m0/s1. The number of esters is 1. The Hall–Kier alpha value is -4.53. The van der Waals surface area contributed by atoms with Crippen molar-refractivity contribution in [3.8, 4) is 34.3 Å². The van der Waals surface area contributed by atoms with Crippen LogP contribution in [0.3, 0.4) is 0 Å². The van der Waals surface area contributed by atoms with Crippen molar-refractivity contribution in [2.24, 2.45) is 0 Å². The predicted molar refractivity (Wildman–Crippen MR) is 155 cm³/mol. The zero-order chi connectivity index (χ0) is 35.0. The van der Waals surface area contributed by atoms with Gasteiger partial charge >= 0.3 is 11.9 Å². The Morgan fingerprint density at radius 1 is 0.833 bits per heavy atom. The lowest BCUT2D eigenvalue weighted by molar-refractivity contribution is -0.354. The van der Waals surface area contributed by atoms with E-state index in [1.165, 1.54) is 31.2 Å². The Bertz CT molecular complexity index is 1700. The highest BCUT2D eigenvalue weighted by atomic mass is 16.8. The summed E-state index contributed by atoms with van der Waals surface area (Å²) in [4.78, 5) is 36.7. The summed E-state index contributed by atoms with van der Waals surface area (Å²) in [5.74, 6) is -5.08. The molecule has 260 valence electrons. The van der Waals surface area contributed by atoms with Crippen LogP contribution in [0.1, 0.15) is 13.3 Å². The van der Waals surface area contributed by atoms with Gasteiger partial charge in [0.15, 0.2) is 18.2 Å². The molecule has 0 bridgehead atoms. The Morgan fingerprint density at radius 2 is 1.52 bits per heavy atom. The van der Waals surface area contributed by atoms with Gasteiger partial charge in [-0.1, -0.05) is 0 Å². The predicted octanol–water partition coefficient (Wildman–Crippen LogP) is -1.37. The number of rotatable bonds is 9. The first-order valence-corrected chi connectivity index (χ1v) is 14.4. The number of carbonyl (C=O) groups is 2. The van der Waals surface area contributed by atoms with E-state index in [0.29, 0.717) is 0 Å². The van der Waals surface area contributed by atoms with E-state index in [0.717, 1.165) is 12.1 Å². The van der Waals surface area contributed by atoms with Gasteiger partial charge in [0.25, 0.3) is 0 Å². The third-order valence-corrected chi connectivity index (χ3v) is 7.73. The third kappa shape index (κ3) is 7.00. The molecule has 1 aromatic heterocycles. The number of aliphatic hydroxyl groups is 5. The summed E-state index contributed by atoms with van der Waals surface area (Å²) < 4.78 is 33.6. The van der Waals surface area contributed by atoms with Crippen molar-refractivity contribution in [3.63, 3.8) is 0 Å². The SMILES string of the molecule is C[C@@H]1O[C@@H](O[C@H]2[C@H](Oc3c(-c4ccc(O)cc4)oc4cc(O)cc(O)c4c3=O)O[C@H](COC(=O)CC(=O)O)[C@@H](O)[C@@H]2O)[C@H](O)[C@H](O)[C@H]1O. The minimum atomic E-state index is -2.03. The summed E-state index contributed by atoms with van der Waals surface area (Å²) in [6.45, 7) is 0.529. The largest absolute Gasteiger partial charge is 0.508 e. The fourth-order valence-electron chi connectivity index (χ4n) is 5.21. The molecule has 0 saturated carbocycles. The van der Waals surface area contributed by atoms with Gasteiger partial charge < -0.3 is 74.1 Å². The first kappa shape index (κ1) is 34.8. The zero-order valence-electron chi connectivity index (χ0n) is 24.9. The molecule has 0 aliphatic carbocycles. The maximum atomic E-state index is 13.9. The van der Waals surface area contributed by atoms with E-state index < -0.39 is 114 Å². The first-order valence-electron chi connectivity index (χ1n) is 14.4. The highest BCUT2D eigenvalue weighted by molar-refractivity contribution is 5.90. The van der Waals surface area contributed by atoms with Crippen molar-refractivity contribution in [2.75, 3.05) is 6.61 Å². The van der Waals surface area contributed by atoms with E-state index in [4.69, 9.17) is 33.2 Å². The van der Waals surface area contributed by atoms with Gasteiger partial charge in [-0.3, -0.25) is 14.4 Å². The van der Waals surface area contributed by atoms with Crippen LogP contribution in [0.25, 0.3) is 22.3 Å². The molecule has 0 radical (unpaired) electrons. The van der Waals surface area contributed by atoms with E-state index in [2.05, 4.69) is 0 Å². The Morgan fingerprint density at radius 3 is 2.19 bits per heavy atom. The molecule has 2 aromatic carbocycles. The minimum absolute atomic E-state index is 0.120. The van der Waals surface area contributed by atoms with Crippen LogP contribution in [0.5, 0.6) is 23.0 Å². The second kappa shape index (κ2) is 13.9. The lowest BCUT2D eigenvalue weighted by Gasteiger charge is -2.45. The number of carbonyl (C=O) groups excluding carboxylic acids is 1. The second-order valence-electron chi connectivity index (χ2n) is 11.2. The van der Waals surface area contributed by atoms with Crippen LogP contribution < -0.4 is 10.2 Å². The third-order valence-electron chi connectivity index (χ3n) is 7.73. The molecule has 2 saturated heterocycles. The van der Waals surface area contributed by atoms with E-state index >= 15 is 0 Å². The van der Waals surface area contributed by atoms with E-state index in [1.807, 2.05) is 0 Å². The molecule has 2 fully saturated rings. The Balaban J connectivity index is 1.58. The van der Waals surface area contributed by atoms with Crippen LogP contribution in [0.15, 0.2) is 45.6 Å². The lowest BCUT2D eigenvalue weighted by atomic mass is 9.97. The van der Waals surface area contributed by atoms with Gasteiger partial charge in [-0.05, 0) is 31.2 Å². The van der Waals surface area contributed by atoms with Gasteiger partial charge in [0.1, 0.15) is 77.9 Å². The molecular formula is C30H32O18. The van der Waals surface area contributed by atoms with Crippen molar-refractivity contribution < 1.29 is 83.6 Å². The van der Waals surface area contributed by atoms with Gasteiger partial charge in [0.05, 0.1) is 6.10 Å². The summed E-state index contributed by atoms with van der Waals surface area (Å²) in [6, 6.07) is 7.05. The molecule has 0 spiro atoms. The van der Waals surface area contributed by atoms with Crippen molar-refractivity contribution in [1.82, 2.24) is 0 Å². The normalized spacial score (nSPS) is 30.5. The van der Waals surface area contributed by atoms with E-state index in [-0.39, 0.29) is 22.7 Å². The number of phenolic OH excluding ortho intramolecular Hbond substituents is 3. The van der Waals surface area contributed by atoms with Gasteiger partial charge in [-0.15, -0.1) is 0 Å². The summed E-state index contributed by atoms with van der Waals surface area (Å²) in [6.07, 6.45) is -18.6. The van der Waals surface area contributed by atoms with Crippen LogP contribution in [-0.2, 0) is 28.5 Å². The van der Waals surface area contributed by atoms with Crippen molar-refractivity contribution >= 4 is 22.9 Å². The number of fused-ring (bicyclic) bond motifs is 1. The minimum Gasteiger partial charge on any atom is -0.508 e. The summed E-state index contributed by atoms with van der Waals surface area (Å²) in [5, 5.41) is 91.7. The first-order chi connectivity index (χ1) is 22.7. The molecule has 18 nitrogen and oxygen atoms in total. The Kier molecular flexibility index (Phi) is 10.1. The van der Waals surface area contributed by atoms with Gasteiger partial charge in [-0.25, -0.2) is 0 Å². The number of aliphatic carboxylic acids is 1. The van der Waals surface area contributed by atoms with Gasteiger partial charge in [0, 0.05) is 17.7 Å². The van der Waals surface area contributed by atoms with Crippen LogP contribution in [0, 0.1) is 0 Å². The quantitative estimate of drug-likeness (QED) is 0.0930. The smallest absolute Gasteiger partial charge is 0.317 e. The summed E-state index contributed by atoms with van der Waals surface area (Å²) >= 11 is 0. The highest BCUT2D eigenvalue weighted by Gasteiger charge is 2.51. The van der Waals surface area contributed by atoms with Crippen LogP contribution >= 0.6 is 0 Å². The molecule has 3 heterocycles. The number of aromatic hydroxyl groups is 3. The molecule has 10 atom stereocenters. The van der Waals surface area contributed by atoms with Crippen LogP contribution in [0.2, 0.25) is 0 Å². The average molecular weight is 681 g/mol. The van der Waals surface area contributed by atoms with Crippen LogP contribution in [0.4, 0.5) is 0 Å². The van der Waals surface area contributed by atoms with Crippen molar-refractivity contribution in [2.45, 2.75) is 74.8 Å². The van der Waals surface area contributed by atoms with E-state index in [9.17, 15) is 55.2 Å². The monoisotopic (exact) mass is 680 g/mol. The number of aliphatic hydroxyl groups excluding tert-OH is 5. The second-order valence-corrected chi connectivity index (χ2v) is 11.2. The Labute approximate surface area is 269 Å². The number of carboxylic acids is 1. The summed E-state index contributed by atoms with van der Waals surface area (Å²) in [7, 11) is 0. The molecule has 2 aliphatic heterocycles. The van der Waals surface area contributed by atoms with Crippen molar-refractivity contribution in [1.29, 1.82) is 0 Å². The number of phenols is 3. The van der Waals surface area contributed by atoms with Crippen molar-refractivity contribution in [3.05, 3.63) is 46.6 Å². The fourth-order valence-corrected chi connectivity index (χ4v) is 5.21. The average Bonchev–Trinajstić information content (AvgIpc) is 3.02. The maximum Gasteiger partial charge on any atom is 0.317 e. The molecular weight excluding hydrogens is 648 g/mol. The molecule has 18 heteroatoms. The van der Waals surface area contributed by atoms with Gasteiger partial charge in [0.2, 0.25) is 17.5 Å². The number of ether oxygens (including phenoxy) is 5. The van der Waals surface area contributed by atoms with Crippen LogP contribution in [-0.4, -0.2) is 126 Å². The molecule has 5 rings (SSSR count). The zero-order valence-corrected chi connectivity index (χ0v) is 24.9. The molecule has 3 aromatic rings. The molecule has 48 heavy (non-hydrogen) atoms. The molecule has 9 N–H and O–H groups in total. The summed E-state index contributed by atoms with van der Waals surface area (Å²) in [5.41, 5.74) is -1.20. The maximum absolute atomic E-state index is 13.9. The lowest BCUT2D eigenvalue weighted by Crippen LogP contribution is -2.64.